The summed E-state index contributed by atoms with van der Waals surface area (Å²) in [4.78, 5) is 4.50. The molecule has 4 rings (SSSR count). The molecule has 0 unspecified atom stereocenters. The highest BCUT2D eigenvalue weighted by atomic mass is 16.5. The number of rotatable bonds is 6. The summed E-state index contributed by atoms with van der Waals surface area (Å²) in [5.41, 5.74) is 4.00. The highest BCUT2D eigenvalue weighted by Crippen LogP contribution is 2.40. The molecule has 0 fully saturated rings. The quantitative estimate of drug-likeness (QED) is 0.478. The lowest BCUT2D eigenvalue weighted by Gasteiger charge is -2.12. The van der Waals surface area contributed by atoms with Crippen molar-refractivity contribution in [3.05, 3.63) is 47.7 Å². The van der Waals surface area contributed by atoms with Crippen LogP contribution in [0.5, 0.6) is 17.2 Å². The predicted molar refractivity (Wildman–Crippen MR) is 109 cm³/mol. The molecule has 2 aromatic carbocycles. The Balaban J connectivity index is 1.74. The zero-order valence-electron chi connectivity index (χ0n) is 17.3. The molecule has 0 aliphatic carbocycles. The maximum atomic E-state index is 5.48. The minimum atomic E-state index is 0.274. The minimum Gasteiger partial charge on any atom is -0.493 e. The van der Waals surface area contributed by atoms with Crippen molar-refractivity contribution in [1.82, 2.24) is 25.1 Å². The number of benzene rings is 2. The van der Waals surface area contributed by atoms with E-state index >= 15 is 0 Å². The highest BCUT2D eigenvalue weighted by molar-refractivity contribution is 5.67. The van der Waals surface area contributed by atoms with Gasteiger partial charge in [-0.15, -0.1) is 5.10 Å². The van der Waals surface area contributed by atoms with Crippen LogP contribution in [0.15, 0.2) is 40.9 Å². The molecule has 2 aromatic heterocycles. The van der Waals surface area contributed by atoms with E-state index in [1.54, 1.807) is 38.1 Å². The fraction of sp³-hybridized carbons (Fsp3) is 0.238. The lowest BCUT2D eigenvalue weighted by molar-refractivity contribution is 0.324. The van der Waals surface area contributed by atoms with E-state index in [1.165, 1.54) is 0 Å². The molecular formula is C21H21N5O4. The van der Waals surface area contributed by atoms with Gasteiger partial charge in [-0.25, -0.2) is 4.68 Å². The van der Waals surface area contributed by atoms with Crippen LogP contribution in [0.3, 0.4) is 0 Å². The Morgan fingerprint density at radius 3 is 2.27 bits per heavy atom. The first kappa shape index (κ1) is 19.4. The van der Waals surface area contributed by atoms with Crippen LogP contribution in [0.1, 0.15) is 11.3 Å². The summed E-state index contributed by atoms with van der Waals surface area (Å²) in [5, 5.41) is 12.6. The smallest absolute Gasteiger partial charge is 0.280 e. The molecule has 9 nitrogen and oxygen atoms in total. The Hall–Kier alpha value is -3.88. The molecule has 0 saturated heterocycles. The Labute approximate surface area is 173 Å². The van der Waals surface area contributed by atoms with Crippen molar-refractivity contribution < 1.29 is 18.7 Å². The molecule has 4 aromatic rings. The summed E-state index contributed by atoms with van der Waals surface area (Å²) in [7, 11) is 4.65. The van der Waals surface area contributed by atoms with Crippen molar-refractivity contribution in [2.45, 2.75) is 13.8 Å². The SMILES string of the molecule is COc1cc(-c2noc(-c3nnn(-c4ccccc4C)c3C)n2)cc(OC)c1OC. The number of aryl methyl sites for hydroxylation is 1. The molecule has 0 N–H and O–H groups in total. The third-order valence-electron chi connectivity index (χ3n) is 4.79. The van der Waals surface area contributed by atoms with Crippen LogP contribution in [0.2, 0.25) is 0 Å². The van der Waals surface area contributed by atoms with E-state index in [2.05, 4.69) is 20.5 Å². The summed E-state index contributed by atoms with van der Waals surface area (Å²) < 4.78 is 23.4. The summed E-state index contributed by atoms with van der Waals surface area (Å²) in [6.45, 7) is 3.93. The van der Waals surface area contributed by atoms with Gasteiger partial charge in [0.2, 0.25) is 11.6 Å². The first-order chi connectivity index (χ1) is 14.6. The van der Waals surface area contributed by atoms with Crippen LogP contribution in [0.25, 0.3) is 28.7 Å². The van der Waals surface area contributed by atoms with E-state index in [9.17, 15) is 0 Å². The monoisotopic (exact) mass is 407 g/mol. The van der Waals surface area contributed by atoms with E-state index < -0.39 is 0 Å². The number of methoxy groups -OCH3 is 3. The van der Waals surface area contributed by atoms with Gasteiger partial charge in [-0.1, -0.05) is 28.6 Å². The predicted octanol–water partition coefficient (Wildman–Crippen LogP) is 3.63. The van der Waals surface area contributed by atoms with E-state index in [0.29, 0.717) is 34.3 Å². The van der Waals surface area contributed by atoms with E-state index in [1.807, 2.05) is 38.1 Å². The first-order valence-corrected chi connectivity index (χ1v) is 9.20. The maximum Gasteiger partial charge on any atom is 0.280 e. The fourth-order valence-electron chi connectivity index (χ4n) is 3.20. The zero-order chi connectivity index (χ0) is 21.3. The Bertz CT molecular complexity index is 1170. The van der Waals surface area contributed by atoms with Gasteiger partial charge in [0.25, 0.3) is 5.89 Å². The molecule has 0 atom stereocenters. The summed E-state index contributed by atoms with van der Waals surface area (Å²) in [6, 6.07) is 11.5. The molecule has 2 heterocycles. The van der Waals surface area contributed by atoms with Crippen LogP contribution in [-0.4, -0.2) is 46.5 Å². The van der Waals surface area contributed by atoms with Crippen molar-refractivity contribution in [3.8, 4) is 45.9 Å². The average Bonchev–Trinajstić information content (AvgIpc) is 3.40. The standard InChI is InChI=1S/C21H21N5O4/c1-12-8-6-7-9-15(12)26-13(2)18(23-25-26)21-22-20(24-30-21)14-10-16(27-3)19(29-5)17(11-14)28-4/h6-11H,1-5H3. The zero-order valence-corrected chi connectivity index (χ0v) is 17.3. The molecule has 0 radical (unpaired) electrons. The van der Waals surface area contributed by atoms with Crippen molar-refractivity contribution in [2.75, 3.05) is 21.3 Å². The lowest BCUT2D eigenvalue weighted by atomic mass is 10.1. The Morgan fingerprint density at radius 1 is 0.933 bits per heavy atom. The maximum absolute atomic E-state index is 5.48. The van der Waals surface area contributed by atoms with Gasteiger partial charge in [-0.05, 0) is 37.6 Å². The molecule has 30 heavy (non-hydrogen) atoms. The number of hydrogen-bond acceptors (Lipinski definition) is 8. The van der Waals surface area contributed by atoms with Crippen molar-refractivity contribution >= 4 is 0 Å². The average molecular weight is 407 g/mol. The van der Waals surface area contributed by atoms with Gasteiger partial charge in [0.1, 0.15) is 0 Å². The molecular weight excluding hydrogens is 386 g/mol. The first-order valence-electron chi connectivity index (χ1n) is 9.20. The molecule has 0 amide bonds. The van der Waals surface area contributed by atoms with Crippen LogP contribution in [0, 0.1) is 13.8 Å². The van der Waals surface area contributed by atoms with Gasteiger partial charge in [0.05, 0.1) is 32.7 Å². The van der Waals surface area contributed by atoms with Gasteiger partial charge in [-0.2, -0.15) is 4.98 Å². The Morgan fingerprint density at radius 2 is 1.63 bits per heavy atom. The molecule has 0 saturated carbocycles. The third kappa shape index (κ3) is 3.24. The minimum absolute atomic E-state index is 0.274. The third-order valence-corrected chi connectivity index (χ3v) is 4.79. The van der Waals surface area contributed by atoms with Crippen LogP contribution >= 0.6 is 0 Å². The molecule has 9 heteroatoms. The van der Waals surface area contributed by atoms with E-state index in [-0.39, 0.29) is 5.89 Å². The summed E-state index contributed by atoms with van der Waals surface area (Å²) in [6.07, 6.45) is 0. The van der Waals surface area contributed by atoms with E-state index in [0.717, 1.165) is 16.9 Å². The number of hydrogen-bond donors (Lipinski definition) is 0. The highest BCUT2D eigenvalue weighted by Gasteiger charge is 2.21. The number of ether oxygens (including phenoxy) is 3. The number of para-hydroxylation sites is 1. The van der Waals surface area contributed by atoms with Gasteiger partial charge in [0.15, 0.2) is 17.2 Å². The summed E-state index contributed by atoms with van der Waals surface area (Å²) in [5.74, 6) is 2.13. The van der Waals surface area contributed by atoms with Crippen molar-refractivity contribution in [2.24, 2.45) is 0 Å². The normalized spacial score (nSPS) is 10.8. The molecule has 0 aliphatic rings. The van der Waals surface area contributed by atoms with E-state index in [4.69, 9.17) is 18.7 Å². The topological polar surface area (TPSA) is 97.3 Å². The molecule has 154 valence electrons. The molecule has 0 bridgehead atoms. The largest absolute Gasteiger partial charge is 0.493 e. The molecule has 0 spiro atoms. The second-order valence-electron chi connectivity index (χ2n) is 6.56. The van der Waals surface area contributed by atoms with Crippen LogP contribution < -0.4 is 14.2 Å². The van der Waals surface area contributed by atoms with Gasteiger partial charge >= 0.3 is 0 Å². The van der Waals surface area contributed by atoms with Gasteiger partial charge < -0.3 is 18.7 Å². The molecule has 0 aliphatic heterocycles. The second kappa shape index (κ2) is 7.86. The van der Waals surface area contributed by atoms with Crippen LogP contribution in [0.4, 0.5) is 0 Å². The fourth-order valence-corrected chi connectivity index (χ4v) is 3.20. The lowest BCUT2D eigenvalue weighted by Crippen LogP contribution is -2.01. The van der Waals surface area contributed by atoms with Crippen molar-refractivity contribution in [3.63, 3.8) is 0 Å². The van der Waals surface area contributed by atoms with Gasteiger partial charge in [-0.3, -0.25) is 0 Å². The second-order valence-corrected chi connectivity index (χ2v) is 6.56. The summed E-state index contributed by atoms with van der Waals surface area (Å²) >= 11 is 0. The number of nitrogens with zero attached hydrogens (tertiary/aromatic N) is 5. The van der Waals surface area contributed by atoms with Crippen molar-refractivity contribution in [1.29, 1.82) is 0 Å². The van der Waals surface area contributed by atoms with Gasteiger partial charge in [0, 0.05) is 5.56 Å². The Kier molecular flexibility index (Phi) is 5.09. The number of aromatic nitrogens is 5. The van der Waals surface area contributed by atoms with Crippen LogP contribution in [-0.2, 0) is 0 Å².